The monoisotopic (exact) mass is 272 g/mol. The molecule has 3 rings (SSSR count). The van der Waals surface area contributed by atoms with Crippen molar-refractivity contribution in [3.8, 4) is 0 Å². The number of nitrogens with one attached hydrogen (secondary N) is 1. The fourth-order valence-corrected chi connectivity index (χ4v) is 3.84. The number of nitrogens with zero attached hydrogens (tertiary/aromatic N) is 1. The fourth-order valence-electron chi connectivity index (χ4n) is 3.84. The smallest absolute Gasteiger partial charge is 0.221 e. The molecule has 108 valence electrons. The maximum Gasteiger partial charge on any atom is 0.221 e. The minimum absolute atomic E-state index is 0.0527. The summed E-state index contributed by atoms with van der Waals surface area (Å²) in [5.41, 5.74) is 1.49. The molecule has 1 aromatic rings. The van der Waals surface area contributed by atoms with Crippen LogP contribution in [0.15, 0.2) is 30.3 Å². The molecule has 0 atom stereocenters. The molecule has 1 amide bonds. The van der Waals surface area contributed by atoms with Crippen molar-refractivity contribution in [3.05, 3.63) is 35.9 Å². The Morgan fingerprint density at radius 2 is 1.80 bits per heavy atom. The number of rotatable bonds is 2. The molecule has 0 saturated carbocycles. The highest BCUT2D eigenvalue weighted by Gasteiger charge is 2.53. The lowest BCUT2D eigenvalue weighted by atomic mass is 9.66. The number of hydrogen-bond donors (Lipinski definition) is 1. The normalized spacial score (nSPS) is 24.8. The lowest BCUT2D eigenvalue weighted by Crippen LogP contribution is -2.52. The fraction of sp³-hybridized carbons (Fsp3) is 0.588. The molecule has 0 aliphatic carbocycles. The molecule has 0 unspecified atom stereocenters. The SMILES string of the molecule is CC1(C)NC(=O)CC12CCN(Cc1ccccc1)CC2. The Hall–Kier alpha value is -1.35. The van der Waals surface area contributed by atoms with Crippen LogP contribution in [0.4, 0.5) is 0 Å². The van der Waals surface area contributed by atoms with E-state index in [9.17, 15) is 4.79 Å². The largest absolute Gasteiger partial charge is 0.351 e. The summed E-state index contributed by atoms with van der Waals surface area (Å²) in [6, 6.07) is 10.6. The van der Waals surface area contributed by atoms with Gasteiger partial charge in [-0.2, -0.15) is 0 Å². The van der Waals surface area contributed by atoms with Gasteiger partial charge in [-0.3, -0.25) is 9.69 Å². The molecule has 2 aliphatic rings. The lowest BCUT2D eigenvalue weighted by molar-refractivity contribution is -0.120. The summed E-state index contributed by atoms with van der Waals surface area (Å²) in [5.74, 6) is 0.228. The van der Waals surface area contributed by atoms with Gasteiger partial charge in [0.15, 0.2) is 0 Å². The summed E-state index contributed by atoms with van der Waals surface area (Å²) >= 11 is 0. The van der Waals surface area contributed by atoms with Crippen LogP contribution < -0.4 is 5.32 Å². The topological polar surface area (TPSA) is 32.3 Å². The van der Waals surface area contributed by atoms with E-state index < -0.39 is 0 Å². The Morgan fingerprint density at radius 1 is 1.15 bits per heavy atom. The Labute approximate surface area is 121 Å². The van der Waals surface area contributed by atoms with Crippen molar-refractivity contribution in [3.63, 3.8) is 0 Å². The first-order valence-electron chi connectivity index (χ1n) is 7.58. The molecule has 3 nitrogen and oxygen atoms in total. The number of piperidine rings is 1. The number of likely N-dealkylation sites (tertiary alicyclic amines) is 1. The minimum atomic E-state index is -0.0527. The lowest BCUT2D eigenvalue weighted by Gasteiger charge is -2.46. The third-order valence-electron chi connectivity index (χ3n) is 5.34. The Bertz CT molecular complexity index is 487. The zero-order valence-corrected chi connectivity index (χ0v) is 12.5. The van der Waals surface area contributed by atoms with Crippen molar-refractivity contribution in [1.82, 2.24) is 10.2 Å². The third kappa shape index (κ3) is 2.35. The van der Waals surface area contributed by atoms with Gasteiger partial charge in [0.2, 0.25) is 5.91 Å². The van der Waals surface area contributed by atoms with Crippen molar-refractivity contribution in [1.29, 1.82) is 0 Å². The maximum absolute atomic E-state index is 11.8. The van der Waals surface area contributed by atoms with Gasteiger partial charge in [-0.1, -0.05) is 30.3 Å². The highest BCUT2D eigenvalue weighted by molar-refractivity contribution is 5.80. The first-order chi connectivity index (χ1) is 9.51. The molecule has 1 N–H and O–H groups in total. The number of benzene rings is 1. The van der Waals surface area contributed by atoms with E-state index in [2.05, 4.69) is 54.4 Å². The predicted octanol–water partition coefficient (Wildman–Crippen LogP) is 2.57. The van der Waals surface area contributed by atoms with Gasteiger partial charge >= 0.3 is 0 Å². The van der Waals surface area contributed by atoms with Crippen LogP contribution in [-0.2, 0) is 11.3 Å². The molecule has 20 heavy (non-hydrogen) atoms. The second-order valence-electron chi connectivity index (χ2n) is 6.89. The van der Waals surface area contributed by atoms with Gasteiger partial charge in [0, 0.05) is 23.9 Å². The highest BCUT2D eigenvalue weighted by atomic mass is 16.2. The number of amides is 1. The van der Waals surface area contributed by atoms with Gasteiger partial charge < -0.3 is 5.32 Å². The van der Waals surface area contributed by atoms with Crippen LogP contribution in [-0.4, -0.2) is 29.4 Å². The Morgan fingerprint density at radius 3 is 2.35 bits per heavy atom. The van der Waals surface area contributed by atoms with Crippen LogP contribution in [0.5, 0.6) is 0 Å². The average molecular weight is 272 g/mol. The van der Waals surface area contributed by atoms with Crippen LogP contribution in [0.2, 0.25) is 0 Å². The molecule has 0 aromatic heterocycles. The third-order valence-corrected chi connectivity index (χ3v) is 5.34. The number of hydrogen-bond acceptors (Lipinski definition) is 2. The molecular formula is C17H24N2O. The second-order valence-corrected chi connectivity index (χ2v) is 6.89. The van der Waals surface area contributed by atoms with Crippen LogP contribution in [0, 0.1) is 5.41 Å². The standard InChI is InChI=1S/C17H24N2O/c1-16(2)17(12-15(20)18-16)8-10-19(11-9-17)13-14-6-4-3-5-7-14/h3-7H,8-13H2,1-2H3,(H,18,20). The molecule has 2 heterocycles. The van der Waals surface area contributed by atoms with E-state index >= 15 is 0 Å². The molecule has 3 heteroatoms. The quantitative estimate of drug-likeness (QED) is 0.897. The second kappa shape index (κ2) is 4.88. The first-order valence-corrected chi connectivity index (χ1v) is 7.58. The van der Waals surface area contributed by atoms with Crippen molar-refractivity contribution in [2.45, 2.75) is 45.2 Å². The van der Waals surface area contributed by atoms with E-state index in [1.165, 1.54) is 5.56 Å². The number of carbonyl (C=O) groups excluding carboxylic acids is 1. The Balaban J connectivity index is 1.64. The molecule has 2 fully saturated rings. The van der Waals surface area contributed by atoms with Crippen molar-refractivity contribution in [2.24, 2.45) is 5.41 Å². The van der Waals surface area contributed by atoms with Crippen LogP contribution >= 0.6 is 0 Å². The molecule has 0 bridgehead atoms. The van der Waals surface area contributed by atoms with Gasteiger partial charge in [-0.05, 0) is 45.3 Å². The minimum Gasteiger partial charge on any atom is -0.351 e. The maximum atomic E-state index is 11.8. The van der Waals surface area contributed by atoms with Crippen molar-refractivity contribution in [2.75, 3.05) is 13.1 Å². The van der Waals surface area contributed by atoms with Gasteiger partial charge in [0.1, 0.15) is 0 Å². The van der Waals surface area contributed by atoms with E-state index in [0.29, 0.717) is 6.42 Å². The van der Waals surface area contributed by atoms with E-state index in [0.717, 1.165) is 32.5 Å². The molecule has 0 radical (unpaired) electrons. The van der Waals surface area contributed by atoms with Crippen LogP contribution in [0.3, 0.4) is 0 Å². The summed E-state index contributed by atoms with van der Waals surface area (Å²) in [6.45, 7) is 7.58. The van der Waals surface area contributed by atoms with E-state index in [-0.39, 0.29) is 16.9 Å². The zero-order chi connectivity index (χ0) is 14.2. The van der Waals surface area contributed by atoms with Crippen molar-refractivity contribution < 1.29 is 4.79 Å². The van der Waals surface area contributed by atoms with Gasteiger partial charge in [-0.25, -0.2) is 0 Å². The Kier molecular flexibility index (Phi) is 3.33. The molecule has 1 spiro atoms. The van der Waals surface area contributed by atoms with Gasteiger partial charge in [0.25, 0.3) is 0 Å². The van der Waals surface area contributed by atoms with Gasteiger partial charge in [-0.15, -0.1) is 0 Å². The summed E-state index contributed by atoms with van der Waals surface area (Å²) in [7, 11) is 0. The summed E-state index contributed by atoms with van der Waals surface area (Å²) in [4.78, 5) is 14.3. The average Bonchev–Trinajstić information content (AvgIpc) is 2.63. The first kappa shape index (κ1) is 13.6. The van der Waals surface area contributed by atoms with E-state index in [4.69, 9.17) is 0 Å². The summed E-state index contributed by atoms with van der Waals surface area (Å²) in [6.07, 6.45) is 2.94. The van der Waals surface area contributed by atoms with Crippen molar-refractivity contribution >= 4 is 5.91 Å². The molecule has 2 saturated heterocycles. The predicted molar refractivity (Wildman–Crippen MR) is 80.2 cm³/mol. The van der Waals surface area contributed by atoms with E-state index in [1.54, 1.807) is 0 Å². The van der Waals surface area contributed by atoms with Crippen LogP contribution in [0.25, 0.3) is 0 Å². The zero-order valence-electron chi connectivity index (χ0n) is 12.5. The van der Waals surface area contributed by atoms with E-state index in [1.807, 2.05) is 0 Å². The molecule has 1 aromatic carbocycles. The summed E-state index contributed by atoms with van der Waals surface area (Å²) in [5, 5.41) is 3.16. The van der Waals surface area contributed by atoms with Crippen LogP contribution in [0.1, 0.15) is 38.7 Å². The summed E-state index contributed by atoms with van der Waals surface area (Å²) < 4.78 is 0. The van der Waals surface area contributed by atoms with Gasteiger partial charge in [0.05, 0.1) is 0 Å². The molecule has 2 aliphatic heterocycles. The number of carbonyl (C=O) groups is 1. The molecular weight excluding hydrogens is 248 g/mol. The highest BCUT2D eigenvalue weighted by Crippen LogP contribution is 2.48.